The van der Waals surface area contributed by atoms with E-state index in [0.717, 1.165) is 32.6 Å². The summed E-state index contributed by atoms with van der Waals surface area (Å²) < 4.78 is 5.42. The SMILES string of the molecule is CCCCOCCCN=C(N)NC1CC1. The molecule has 0 spiro atoms. The van der Waals surface area contributed by atoms with Crippen LogP contribution in [0.1, 0.15) is 39.0 Å². The molecule has 0 atom stereocenters. The Bertz CT molecular complexity index is 190. The second-order valence-corrected chi connectivity index (χ2v) is 4.01. The Morgan fingerprint density at radius 2 is 2.13 bits per heavy atom. The minimum Gasteiger partial charge on any atom is -0.381 e. The molecule has 1 fully saturated rings. The first-order chi connectivity index (χ1) is 7.33. The van der Waals surface area contributed by atoms with Crippen LogP contribution in [0.3, 0.4) is 0 Å². The van der Waals surface area contributed by atoms with E-state index in [2.05, 4.69) is 17.2 Å². The highest BCUT2D eigenvalue weighted by Gasteiger charge is 2.21. The van der Waals surface area contributed by atoms with Crippen LogP contribution in [0.4, 0.5) is 0 Å². The van der Waals surface area contributed by atoms with Crippen LogP contribution >= 0.6 is 0 Å². The first-order valence-electron chi connectivity index (χ1n) is 5.97. The molecule has 1 aliphatic rings. The summed E-state index contributed by atoms with van der Waals surface area (Å²) in [6.45, 7) is 4.59. The Balaban J connectivity index is 1.86. The number of unbranched alkanes of at least 4 members (excludes halogenated alkanes) is 1. The van der Waals surface area contributed by atoms with Crippen LogP contribution in [0.5, 0.6) is 0 Å². The molecule has 0 saturated heterocycles. The van der Waals surface area contributed by atoms with Crippen molar-refractivity contribution in [3.63, 3.8) is 0 Å². The highest BCUT2D eigenvalue weighted by atomic mass is 16.5. The molecule has 88 valence electrons. The highest BCUT2D eigenvalue weighted by Crippen LogP contribution is 2.17. The molecule has 0 aromatic carbocycles. The van der Waals surface area contributed by atoms with E-state index in [1.54, 1.807) is 0 Å². The molecule has 0 unspecified atom stereocenters. The molecular weight excluding hydrogens is 190 g/mol. The van der Waals surface area contributed by atoms with Crippen molar-refractivity contribution < 1.29 is 4.74 Å². The lowest BCUT2D eigenvalue weighted by atomic mass is 10.4. The van der Waals surface area contributed by atoms with E-state index in [-0.39, 0.29) is 0 Å². The quantitative estimate of drug-likeness (QED) is 0.362. The van der Waals surface area contributed by atoms with E-state index >= 15 is 0 Å². The zero-order chi connectivity index (χ0) is 10.9. The molecule has 0 heterocycles. The number of rotatable bonds is 8. The molecule has 4 nitrogen and oxygen atoms in total. The van der Waals surface area contributed by atoms with Crippen LogP contribution in [0.15, 0.2) is 4.99 Å². The van der Waals surface area contributed by atoms with E-state index < -0.39 is 0 Å². The van der Waals surface area contributed by atoms with Crippen molar-refractivity contribution in [2.24, 2.45) is 10.7 Å². The summed E-state index contributed by atoms with van der Waals surface area (Å²) in [6, 6.07) is 0.592. The fraction of sp³-hybridized carbons (Fsp3) is 0.909. The fourth-order valence-electron chi connectivity index (χ4n) is 1.20. The summed E-state index contributed by atoms with van der Waals surface area (Å²) in [5, 5.41) is 3.15. The summed E-state index contributed by atoms with van der Waals surface area (Å²) in [5.74, 6) is 0.589. The molecule has 4 heteroatoms. The summed E-state index contributed by atoms with van der Waals surface area (Å²) in [5.41, 5.74) is 5.68. The summed E-state index contributed by atoms with van der Waals surface area (Å²) in [6.07, 6.45) is 5.76. The average Bonchev–Trinajstić information content (AvgIpc) is 3.00. The van der Waals surface area contributed by atoms with E-state index in [9.17, 15) is 0 Å². The molecule has 3 N–H and O–H groups in total. The number of guanidine groups is 1. The van der Waals surface area contributed by atoms with Crippen molar-refractivity contribution in [3.8, 4) is 0 Å². The molecule has 1 rings (SSSR count). The van der Waals surface area contributed by atoms with Crippen molar-refractivity contribution in [1.82, 2.24) is 5.32 Å². The van der Waals surface area contributed by atoms with Crippen LogP contribution in [-0.2, 0) is 4.74 Å². The van der Waals surface area contributed by atoms with Gasteiger partial charge in [-0.05, 0) is 25.7 Å². The van der Waals surface area contributed by atoms with Gasteiger partial charge < -0.3 is 15.8 Å². The van der Waals surface area contributed by atoms with Gasteiger partial charge in [0.05, 0.1) is 0 Å². The van der Waals surface area contributed by atoms with Gasteiger partial charge in [-0.1, -0.05) is 13.3 Å². The van der Waals surface area contributed by atoms with Gasteiger partial charge >= 0.3 is 0 Å². The molecule has 0 radical (unpaired) electrons. The minimum atomic E-state index is 0.589. The Morgan fingerprint density at radius 3 is 2.80 bits per heavy atom. The van der Waals surface area contributed by atoms with Crippen molar-refractivity contribution >= 4 is 5.96 Å². The smallest absolute Gasteiger partial charge is 0.188 e. The lowest BCUT2D eigenvalue weighted by molar-refractivity contribution is 0.130. The van der Waals surface area contributed by atoms with Crippen LogP contribution in [0, 0.1) is 0 Å². The number of nitrogens with one attached hydrogen (secondary N) is 1. The van der Waals surface area contributed by atoms with E-state index in [1.807, 2.05) is 0 Å². The first-order valence-corrected chi connectivity index (χ1v) is 5.97. The van der Waals surface area contributed by atoms with Crippen LogP contribution < -0.4 is 11.1 Å². The standard InChI is InChI=1S/C11H23N3O/c1-2-3-8-15-9-4-7-13-11(12)14-10-5-6-10/h10H,2-9H2,1H3,(H3,12,13,14). The molecule has 0 amide bonds. The van der Waals surface area contributed by atoms with Crippen molar-refractivity contribution in [3.05, 3.63) is 0 Å². The van der Waals surface area contributed by atoms with E-state index in [0.29, 0.717) is 12.0 Å². The van der Waals surface area contributed by atoms with Gasteiger partial charge in [0.2, 0.25) is 0 Å². The van der Waals surface area contributed by atoms with Crippen molar-refractivity contribution in [2.75, 3.05) is 19.8 Å². The molecule has 1 saturated carbocycles. The molecule has 15 heavy (non-hydrogen) atoms. The van der Waals surface area contributed by atoms with Crippen LogP contribution in [-0.4, -0.2) is 31.8 Å². The van der Waals surface area contributed by atoms with Gasteiger partial charge in [-0.15, -0.1) is 0 Å². The monoisotopic (exact) mass is 213 g/mol. The fourth-order valence-corrected chi connectivity index (χ4v) is 1.20. The third-order valence-electron chi connectivity index (χ3n) is 2.30. The zero-order valence-electron chi connectivity index (χ0n) is 9.67. The minimum absolute atomic E-state index is 0.589. The molecule has 1 aliphatic carbocycles. The summed E-state index contributed by atoms with van der Waals surface area (Å²) in [4.78, 5) is 4.23. The number of hydrogen-bond acceptors (Lipinski definition) is 2. The first kappa shape index (κ1) is 12.3. The van der Waals surface area contributed by atoms with Gasteiger partial charge in [0.25, 0.3) is 0 Å². The second kappa shape index (κ2) is 7.51. The predicted octanol–water partition coefficient (Wildman–Crippen LogP) is 1.26. The summed E-state index contributed by atoms with van der Waals surface area (Å²) in [7, 11) is 0. The molecule has 0 aliphatic heterocycles. The third-order valence-corrected chi connectivity index (χ3v) is 2.30. The van der Waals surface area contributed by atoms with Gasteiger partial charge in [0, 0.05) is 25.8 Å². The normalized spacial score (nSPS) is 16.7. The molecular formula is C11H23N3O. The van der Waals surface area contributed by atoms with Crippen molar-refractivity contribution in [2.45, 2.75) is 45.1 Å². The predicted molar refractivity (Wildman–Crippen MR) is 63.0 cm³/mol. The Morgan fingerprint density at radius 1 is 1.40 bits per heavy atom. The number of nitrogens with two attached hydrogens (primary N) is 1. The van der Waals surface area contributed by atoms with Crippen LogP contribution in [0.2, 0.25) is 0 Å². The number of hydrogen-bond donors (Lipinski definition) is 2. The van der Waals surface area contributed by atoms with Gasteiger partial charge in [-0.25, -0.2) is 0 Å². The maximum absolute atomic E-state index is 5.68. The number of aliphatic imine (C=N–C) groups is 1. The Hall–Kier alpha value is -0.770. The Labute approximate surface area is 92.3 Å². The molecule has 0 bridgehead atoms. The van der Waals surface area contributed by atoms with Gasteiger partial charge in [-0.3, -0.25) is 4.99 Å². The lowest BCUT2D eigenvalue weighted by Crippen LogP contribution is -2.33. The van der Waals surface area contributed by atoms with E-state index in [1.165, 1.54) is 19.3 Å². The van der Waals surface area contributed by atoms with Gasteiger partial charge in [0.15, 0.2) is 5.96 Å². The highest BCUT2D eigenvalue weighted by molar-refractivity contribution is 5.78. The number of ether oxygens (including phenoxy) is 1. The van der Waals surface area contributed by atoms with Gasteiger partial charge in [-0.2, -0.15) is 0 Å². The Kier molecular flexibility index (Phi) is 6.16. The largest absolute Gasteiger partial charge is 0.381 e. The topological polar surface area (TPSA) is 59.6 Å². The maximum Gasteiger partial charge on any atom is 0.188 e. The zero-order valence-corrected chi connectivity index (χ0v) is 9.67. The second-order valence-electron chi connectivity index (χ2n) is 4.01. The maximum atomic E-state index is 5.68. The average molecular weight is 213 g/mol. The van der Waals surface area contributed by atoms with Crippen molar-refractivity contribution in [1.29, 1.82) is 0 Å². The molecule has 0 aromatic rings. The third kappa shape index (κ3) is 7.19. The van der Waals surface area contributed by atoms with Gasteiger partial charge in [0.1, 0.15) is 0 Å². The lowest BCUT2D eigenvalue weighted by Gasteiger charge is -2.03. The van der Waals surface area contributed by atoms with E-state index in [4.69, 9.17) is 10.5 Å². The summed E-state index contributed by atoms with van der Waals surface area (Å²) >= 11 is 0. The number of nitrogens with zero attached hydrogens (tertiary/aromatic N) is 1. The molecule has 0 aromatic heterocycles. The van der Waals surface area contributed by atoms with Crippen LogP contribution in [0.25, 0.3) is 0 Å².